The molecule has 0 unspecified atom stereocenters. The minimum absolute atomic E-state index is 0.0766. The Morgan fingerprint density at radius 2 is 1.70 bits per heavy atom. The predicted molar refractivity (Wildman–Crippen MR) is 88.3 cm³/mol. The highest BCUT2D eigenvalue weighted by Gasteiger charge is 2.18. The molecule has 6 heteroatoms. The molecule has 0 fully saturated rings. The SMILES string of the molecule is Cc1cc(C)cc(CS(=O)(=O)c2ccc3oc(=O)n(C)c3c2)c1. The monoisotopic (exact) mass is 331 g/mol. The van der Waals surface area contributed by atoms with Gasteiger partial charge in [0.1, 0.15) is 0 Å². The second kappa shape index (κ2) is 5.38. The lowest BCUT2D eigenvalue weighted by atomic mass is 10.1. The largest absolute Gasteiger partial charge is 0.419 e. The summed E-state index contributed by atoms with van der Waals surface area (Å²) >= 11 is 0. The maximum Gasteiger partial charge on any atom is 0.419 e. The second-order valence-corrected chi connectivity index (χ2v) is 7.80. The molecular formula is C17H17NO4S. The smallest absolute Gasteiger partial charge is 0.408 e. The van der Waals surface area contributed by atoms with Gasteiger partial charge in [-0.15, -0.1) is 0 Å². The number of rotatable bonds is 3. The zero-order chi connectivity index (χ0) is 16.8. The van der Waals surface area contributed by atoms with Gasteiger partial charge < -0.3 is 4.42 Å². The Bertz CT molecular complexity index is 1040. The maximum absolute atomic E-state index is 12.7. The van der Waals surface area contributed by atoms with Crippen molar-refractivity contribution in [1.82, 2.24) is 4.57 Å². The summed E-state index contributed by atoms with van der Waals surface area (Å²) in [6.45, 7) is 3.88. The molecule has 0 aliphatic carbocycles. The average molecular weight is 331 g/mol. The highest BCUT2D eigenvalue weighted by atomic mass is 32.2. The van der Waals surface area contributed by atoms with Crippen molar-refractivity contribution in [2.75, 3.05) is 0 Å². The first-order valence-electron chi connectivity index (χ1n) is 7.16. The van der Waals surface area contributed by atoms with E-state index in [0.717, 1.165) is 16.7 Å². The van der Waals surface area contributed by atoms with E-state index in [2.05, 4.69) is 0 Å². The summed E-state index contributed by atoms with van der Waals surface area (Å²) in [4.78, 5) is 11.7. The van der Waals surface area contributed by atoms with E-state index in [4.69, 9.17) is 4.42 Å². The zero-order valence-corrected chi connectivity index (χ0v) is 14.0. The van der Waals surface area contributed by atoms with Gasteiger partial charge in [0.2, 0.25) is 0 Å². The molecule has 0 N–H and O–H groups in total. The molecule has 0 saturated carbocycles. The van der Waals surface area contributed by atoms with E-state index < -0.39 is 15.6 Å². The van der Waals surface area contributed by atoms with Gasteiger partial charge in [-0.05, 0) is 37.6 Å². The Morgan fingerprint density at radius 3 is 2.35 bits per heavy atom. The number of sulfone groups is 1. The lowest BCUT2D eigenvalue weighted by Crippen LogP contribution is -2.09. The van der Waals surface area contributed by atoms with Crippen molar-refractivity contribution in [3.05, 3.63) is 63.6 Å². The molecule has 0 radical (unpaired) electrons. The molecule has 3 rings (SSSR count). The quantitative estimate of drug-likeness (QED) is 0.740. The minimum Gasteiger partial charge on any atom is -0.408 e. The van der Waals surface area contributed by atoms with E-state index >= 15 is 0 Å². The molecule has 0 aliphatic rings. The van der Waals surface area contributed by atoms with Crippen molar-refractivity contribution < 1.29 is 12.8 Å². The average Bonchev–Trinajstić information content (AvgIpc) is 2.72. The van der Waals surface area contributed by atoms with E-state index in [9.17, 15) is 13.2 Å². The summed E-state index contributed by atoms with van der Waals surface area (Å²) < 4.78 is 31.7. The Kier molecular flexibility index (Phi) is 3.64. The first-order chi connectivity index (χ1) is 10.8. The van der Waals surface area contributed by atoms with E-state index in [1.165, 1.54) is 22.8 Å². The second-order valence-electron chi connectivity index (χ2n) is 5.81. The van der Waals surface area contributed by atoms with Crippen molar-refractivity contribution in [2.45, 2.75) is 24.5 Å². The van der Waals surface area contributed by atoms with E-state index in [1.54, 1.807) is 7.05 Å². The van der Waals surface area contributed by atoms with Gasteiger partial charge in [-0.25, -0.2) is 13.2 Å². The summed E-state index contributed by atoms with van der Waals surface area (Å²) in [6.07, 6.45) is 0. The van der Waals surface area contributed by atoms with Crippen molar-refractivity contribution in [1.29, 1.82) is 0 Å². The van der Waals surface area contributed by atoms with Crippen LogP contribution < -0.4 is 5.76 Å². The van der Waals surface area contributed by atoms with Crippen LogP contribution in [-0.2, 0) is 22.6 Å². The summed E-state index contributed by atoms with van der Waals surface area (Å²) in [6, 6.07) is 10.2. The van der Waals surface area contributed by atoms with Crippen LogP contribution in [0.15, 0.2) is 50.5 Å². The Labute approximate surface area is 134 Å². The van der Waals surface area contributed by atoms with Crippen molar-refractivity contribution >= 4 is 20.9 Å². The third kappa shape index (κ3) is 2.94. The fourth-order valence-electron chi connectivity index (χ4n) is 2.76. The maximum atomic E-state index is 12.7. The van der Waals surface area contributed by atoms with Crippen LogP contribution in [0.3, 0.4) is 0 Å². The lowest BCUT2D eigenvalue weighted by molar-refractivity contribution is 0.528. The fraction of sp³-hybridized carbons (Fsp3) is 0.235. The minimum atomic E-state index is -3.50. The van der Waals surface area contributed by atoms with Gasteiger partial charge in [0, 0.05) is 7.05 Å². The molecule has 1 heterocycles. The van der Waals surface area contributed by atoms with Crippen LogP contribution in [0.1, 0.15) is 16.7 Å². The van der Waals surface area contributed by atoms with Crippen LogP contribution in [0.5, 0.6) is 0 Å². The van der Waals surface area contributed by atoms with Crippen molar-refractivity contribution in [2.24, 2.45) is 7.05 Å². The highest BCUT2D eigenvalue weighted by Crippen LogP contribution is 2.22. The van der Waals surface area contributed by atoms with E-state index in [-0.39, 0.29) is 10.6 Å². The van der Waals surface area contributed by atoms with Gasteiger partial charge in [-0.1, -0.05) is 29.3 Å². The molecule has 0 amide bonds. The molecule has 2 aromatic carbocycles. The van der Waals surface area contributed by atoms with Gasteiger partial charge in [-0.2, -0.15) is 0 Å². The van der Waals surface area contributed by atoms with Crippen molar-refractivity contribution in [3.63, 3.8) is 0 Å². The Hall–Kier alpha value is -2.34. The van der Waals surface area contributed by atoms with Crippen LogP contribution in [0.2, 0.25) is 0 Å². The fourth-order valence-corrected chi connectivity index (χ4v) is 4.09. The topological polar surface area (TPSA) is 69.3 Å². The summed E-state index contributed by atoms with van der Waals surface area (Å²) in [5, 5.41) is 0. The van der Waals surface area contributed by atoms with Crippen LogP contribution in [0.4, 0.5) is 0 Å². The molecular weight excluding hydrogens is 314 g/mol. The molecule has 0 bridgehead atoms. The summed E-state index contributed by atoms with van der Waals surface area (Å²) in [7, 11) is -1.95. The molecule has 0 atom stereocenters. The Balaban J connectivity index is 2.05. The number of benzene rings is 2. The molecule has 5 nitrogen and oxygen atoms in total. The van der Waals surface area contributed by atoms with Crippen molar-refractivity contribution in [3.8, 4) is 0 Å². The van der Waals surface area contributed by atoms with Crippen LogP contribution in [0.25, 0.3) is 11.1 Å². The van der Waals surface area contributed by atoms with Crippen LogP contribution in [-0.4, -0.2) is 13.0 Å². The first-order valence-corrected chi connectivity index (χ1v) is 8.81. The van der Waals surface area contributed by atoms with E-state index in [1.807, 2.05) is 32.0 Å². The third-order valence-electron chi connectivity index (χ3n) is 3.76. The molecule has 0 aliphatic heterocycles. The van der Waals surface area contributed by atoms with Gasteiger partial charge in [0.25, 0.3) is 0 Å². The molecule has 3 aromatic rings. The normalized spacial score (nSPS) is 12.0. The molecule has 0 saturated heterocycles. The number of aryl methyl sites for hydroxylation is 3. The number of hydrogen-bond donors (Lipinski definition) is 0. The summed E-state index contributed by atoms with van der Waals surface area (Å²) in [5.74, 6) is -0.587. The highest BCUT2D eigenvalue weighted by molar-refractivity contribution is 7.90. The molecule has 23 heavy (non-hydrogen) atoms. The van der Waals surface area contributed by atoms with Gasteiger partial charge in [0.05, 0.1) is 16.2 Å². The number of nitrogens with zero attached hydrogens (tertiary/aromatic N) is 1. The number of oxazole rings is 1. The third-order valence-corrected chi connectivity index (χ3v) is 5.45. The number of hydrogen-bond acceptors (Lipinski definition) is 4. The molecule has 0 spiro atoms. The number of fused-ring (bicyclic) bond motifs is 1. The van der Waals surface area contributed by atoms with Gasteiger partial charge in [0.15, 0.2) is 15.4 Å². The lowest BCUT2D eigenvalue weighted by Gasteiger charge is -2.07. The zero-order valence-electron chi connectivity index (χ0n) is 13.2. The predicted octanol–water partition coefficient (Wildman–Crippen LogP) is 2.72. The van der Waals surface area contributed by atoms with Crippen LogP contribution >= 0.6 is 0 Å². The first kappa shape index (κ1) is 15.6. The number of aromatic nitrogens is 1. The molecule has 120 valence electrons. The van der Waals surface area contributed by atoms with Crippen LogP contribution in [0, 0.1) is 13.8 Å². The van der Waals surface area contributed by atoms with Gasteiger partial charge in [-0.3, -0.25) is 4.57 Å². The summed E-state index contributed by atoms with van der Waals surface area (Å²) in [5.41, 5.74) is 3.66. The molecule has 1 aromatic heterocycles. The van der Waals surface area contributed by atoms with Gasteiger partial charge >= 0.3 is 5.76 Å². The van der Waals surface area contributed by atoms with E-state index in [0.29, 0.717) is 11.1 Å². The standard InChI is InChI=1S/C17H17NO4S/c1-11-6-12(2)8-13(7-11)10-23(20,21)14-4-5-16-15(9-14)18(3)17(19)22-16/h4-9H,10H2,1-3H3. The Morgan fingerprint density at radius 1 is 1.04 bits per heavy atom.